The predicted molar refractivity (Wildman–Crippen MR) is 123 cm³/mol. The Morgan fingerprint density at radius 3 is 2.48 bits per heavy atom. The maximum absolute atomic E-state index is 13.6. The average Bonchev–Trinajstić information content (AvgIpc) is 2.78. The van der Waals surface area contributed by atoms with Crippen molar-refractivity contribution in [3.63, 3.8) is 0 Å². The van der Waals surface area contributed by atoms with Gasteiger partial charge in [0.05, 0.1) is 16.5 Å². The van der Waals surface area contributed by atoms with E-state index in [-0.39, 0.29) is 11.5 Å². The number of alkyl halides is 3. The monoisotopic (exact) mass is 473 g/mol. The molecule has 0 radical (unpaired) electrons. The summed E-state index contributed by atoms with van der Waals surface area (Å²) in [7, 11) is 1.51. The van der Waals surface area contributed by atoms with Crippen LogP contribution in [0.1, 0.15) is 24.2 Å². The van der Waals surface area contributed by atoms with Crippen LogP contribution in [0.3, 0.4) is 0 Å². The normalized spacial score (nSPS) is 12.5. The molecule has 6 nitrogen and oxygen atoms in total. The number of hydrogen-bond acceptors (Lipinski definition) is 5. The van der Waals surface area contributed by atoms with E-state index in [2.05, 4.69) is 20.6 Å². The number of rotatable bonds is 5. The van der Waals surface area contributed by atoms with Crippen LogP contribution in [-0.2, 0) is 6.18 Å². The quantitative estimate of drug-likeness (QED) is 0.391. The number of aromatic nitrogens is 3. The smallest absolute Gasteiger partial charge is 0.361 e. The minimum absolute atomic E-state index is 0.0310. The number of anilines is 2. The van der Waals surface area contributed by atoms with Gasteiger partial charge in [-0.1, -0.05) is 41.9 Å². The standard InChI is InChI=1S/C23H19ClF3N5O/c1-13(30-20-16(23(25,26)27)12-29-22(28-2)31-20)18-11-14-7-6-10-17(24)19(14)21(33)32(18)15-8-4-3-5-9-15/h3-13H,1-2H3,(H2,28,29,30,31)/t13-/m1/s1. The van der Waals surface area contributed by atoms with Crippen LogP contribution in [-0.4, -0.2) is 21.6 Å². The average molecular weight is 474 g/mol. The van der Waals surface area contributed by atoms with Crippen molar-refractivity contribution in [2.24, 2.45) is 0 Å². The summed E-state index contributed by atoms with van der Waals surface area (Å²) in [5.41, 5.74) is -0.380. The highest BCUT2D eigenvalue weighted by Crippen LogP contribution is 2.35. The molecule has 33 heavy (non-hydrogen) atoms. The van der Waals surface area contributed by atoms with Gasteiger partial charge < -0.3 is 10.6 Å². The molecule has 0 saturated heterocycles. The zero-order valence-corrected chi connectivity index (χ0v) is 18.4. The van der Waals surface area contributed by atoms with Crippen LogP contribution in [0.5, 0.6) is 0 Å². The van der Waals surface area contributed by atoms with E-state index in [4.69, 9.17) is 11.6 Å². The topological polar surface area (TPSA) is 71.8 Å². The molecule has 2 aromatic heterocycles. The molecule has 0 aliphatic heterocycles. The van der Waals surface area contributed by atoms with Crippen LogP contribution in [0.2, 0.25) is 5.02 Å². The minimum atomic E-state index is -4.66. The summed E-state index contributed by atoms with van der Waals surface area (Å²) >= 11 is 6.31. The maximum atomic E-state index is 13.6. The second kappa shape index (κ2) is 8.74. The van der Waals surface area contributed by atoms with Gasteiger partial charge in [-0.2, -0.15) is 18.2 Å². The SMILES string of the molecule is CNc1ncc(C(F)(F)F)c(N[C@H](C)c2cc3cccc(Cl)c3c(=O)n2-c2ccccc2)n1. The van der Waals surface area contributed by atoms with Crippen molar-refractivity contribution >= 4 is 34.1 Å². The third kappa shape index (κ3) is 4.36. The summed E-state index contributed by atoms with van der Waals surface area (Å²) in [6.07, 6.45) is -3.94. The van der Waals surface area contributed by atoms with Crippen molar-refractivity contribution in [2.75, 3.05) is 17.7 Å². The summed E-state index contributed by atoms with van der Waals surface area (Å²) in [4.78, 5) is 21.1. The first-order chi connectivity index (χ1) is 15.7. The Balaban J connectivity index is 1.91. The molecule has 0 fully saturated rings. The second-order valence-corrected chi connectivity index (χ2v) is 7.73. The number of para-hydroxylation sites is 1. The number of fused-ring (bicyclic) bond motifs is 1. The molecule has 4 rings (SSSR count). The molecular weight excluding hydrogens is 455 g/mol. The van der Waals surface area contributed by atoms with E-state index in [1.807, 2.05) is 0 Å². The lowest BCUT2D eigenvalue weighted by molar-refractivity contribution is -0.137. The first-order valence-corrected chi connectivity index (χ1v) is 10.4. The Labute approximate surface area is 192 Å². The van der Waals surface area contributed by atoms with Crippen molar-refractivity contribution in [2.45, 2.75) is 19.1 Å². The zero-order chi connectivity index (χ0) is 23.8. The van der Waals surface area contributed by atoms with E-state index in [0.29, 0.717) is 27.2 Å². The highest BCUT2D eigenvalue weighted by atomic mass is 35.5. The van der Waals surface area contributed by atoms with Gasteiger partial charge in [-0.15, -0.1) is 0 Å². The van der Waals surface area contributed by atoms with Gasteiger partial charge in [0.2, 0.25) is 5.95 Å². The fourth-order valence-electron chi connectivity index (χ4n) is 3.60. The zero-order valence-electron chi connectivity index (χ0n) is 17.6. The molecule has 0 aliphatic rings. The largest absolute Gasteiger partial charge is 0.421 e. The number of nitrogens with zero attached hydrogens (tertiary/aromatic N) is 3. The van der Waals surface area contributed by atoms with E-state index in [9.17, 15) is 18.0 Å². The van der Waals surface area contributed by atoms with E-state index < -0.39 is 23.6 Å². The molecule has 2 heterocycles. The third-order valence-electron chi connectivity index (χ3n) is 5.15. The summed E-state index contributed by atoms with van der Waals surface area (Å²) in [5, 5.41) is 6.66. The van der Waals surface area contributed by atoms with E-state index >= 15 is 0 Å². The highest BCUT2D eigenvalue weighted by Gasteiger charge is 2.36. The first kappa shape index (κ1) is 22.6. The second-order valence-electron chi connectivity index (χ2n) is 7.32. The molecule has 0 unspecified atom stereocenters. The lowest BCUT2D eigenvalue weighted by Gasteiger charge is -2.23. The number of nitrogens with one attached hydrogen (secondary N) is 2. The molecule has 0 aliphatic carbocycles. The molecule has 0 bridgehead atoms. The lowest BCUT2D eigenvalue weighted by atomic mass is 10.1. The van der Waals surface area contributed by atoms with E-state index in [0.717, 1.165) is 6.20 Å². The van der Waals surface area contributed by atoms with Crippen LogP contribution in [0, 0.1) is 0 Å². The van der Waals surface area contributed by atoms with Gasteiger partial charge in [0, 0.05) is 24.6 Å². The number of halogens is 4. The molecule has 170 valence electrons. The fourth-order valence-corrected chi connectivity index (χ4v) is 3.86. The number of pyridine rings is 1. The van der Waals surface area contributed by atoms with Crippen LogP contribution in [0.25, 0.3) is 16.5 Å². The molecule has 2 aromatic carbocycles. The molecule has 10 heteroatoms. The van der Waals surface area contributed by atoms with Crippen molar-refractivity contribution in [1.29, 1.82) is 0 Å². The summed E-state index contributed by atoms with van der Waals surface area (Å²) < 4.78 is 42.2. The Morgan fingerprint density at radius 1 is 1.09 bits per heavy atom. The Hall–Kier alpha value is -3.59. The van der Waals surface area contributed by atoms with Gasteiger partial charge in [0.25, 0.3) is 5.56 Å². The van der Waals surface area contributed by atoms with Crippen LogP contribution >= 0.6 is 11.6 Å². The molecule has 2 N–H and O–H groups in total. The van der Waals surface area contributed by atoms with Crippen molar-refractivity contribution in [3.05, 3.63) is 87.4 Å². The molecule has 0 amide bonds. The van der Waals surface area contributed by atoms with Gasteiger partial charge in [0.15, 0.2) is 0 Å². The highest BCUT2D eigenvalue weighted by molar-refractivity contribution is 6.35. The van der Waals surface area contributed by atoms with Crippen LogP contribution in [0.15, 0.2) is 65.6 Å². The fraction of sp³-hybridized carbons (Fsp3) is 0.174. The lowest BCUT2D eigenvalue weighted by Crippen LogP contribution is -2.26. The van der Waals surface area contributed by atoms with E-state index in [1.165, 1.54) is 11.6 Å². The van der Waals surface area contributed by atoms with Crippen molar-refractivity contribution in [1.82, 2.24) is 14.5 Å². The van der Waals surface area contributed by atoms with Gasteiger partial charge in [0.1, 0.15) is 11.4 Å². The molecule has 0 saturated carbocycles. The van der Waals surface area contributed by atoms with Crippen LogP contribution in [0.4, 0.5) is 24.9 Å². The number of benzene rings is 2. The summed E-state index contributed by atoms with van der Waals surface area (Å²) in [5.74, 6) is -0.365. The van der Waals surface area contributed by atoms with E-state index in [1.54, 1.807) is 61.5 Å². The molecular formula is C23H19ClF3N5O. The van der Waals surface area contributed by atoms with Gasteiger partial charge in [-0.25, -0.2) is 4.98 Å². The third-order valence-corrected chi connectivity index (χ3v) is 5.47. The van der Waals surface area contributed by atoms with Crippen LogP contribution < -0.4 is 16.2 Å². The van der Waals surface area contributed by atoms with Crippen molar-refractivity contribution < 1.29 is 13.2 Å². The molecule has 1 atom stereocenters. The maximum Gasteiger partial charge on any atom is 0.421 e. The minimum Gasteiger partial charge on any atom is -0.361 e. The Morgan fingerprint density at radius 2 is 1.82 bits per heavy atom. The van der Waals surface area contributed by atoms with Crippen molar-refractivity contribution in [3.8, 4) is 5.69 Å². The van der Waals surface area contributed by atoms with Gasteiger partial charge >= 0.3 is 6.18 Å². The van der Waals surface area contributed by atoms with Gasteiger partial charge in [-0.05, 0) is 36.6 Å². The molecule has 4 aromatic rings. The first-order valence-electron chi connectivity index (χ1n) is 9.99. The Bertz CT molecular complexity index is 1370. The Kier molecular flexibility index (Phi) is 5.99. The summed E-state index contributed by atoms with van der Waals surface area (Å²) in [6, 6.07) is 14.9. The summed E-state index contributed by atoms with van der Waals surface area (Å²) in [6.45, 7) is 1.66. The number of hydrogen-bond donors (Lipinski definition) is 2. The predicted octanol–water partition coefficient (Wildman–Crippen LogP) is 5.67. The van der Waals surface area contributed by atoms with Gasteiger partial charge in [-0.3, -0.25) is 9.36 Å². The molecule has 0 spiro atoms.